The molecule has 0 fully saturated rings. The highest BCUT2D eigenvalue weighted by atomic mass is 35.5. The van der Waals surface area contributed by atoms with Crippen LogP contribution in [0.2, 0.25) is 5.02 Å². The van der Waals surface area contributed by atoms with Crippen molar-refractivity contribution in [2.24, 2.45) is 0 Å². The van der Waals surface area contributed by atoms with Gasteiger partial charge < -0.3 is 5.32 Å². The Morgan fingerprint density at radius 1 is 1.22 bits per heavy atom. The highest BCUT2D eigenvalue weighted by Crippen LogP contribution is 2.15. The van der Waals surface area contributed by atoms with Crippen molar-refractivity contribution in [1.29, 1.82) is 0 Å². The van der Waals surface area contributed by atoms with Crippen LogP contribution in [0.4, 0.5) is 5.69 Å². The number of pyridine rings is 1. The van der Waals surface area contributed by atoms with E-state index in [0.717, 1.165) is 23.2 Å². The van der Waals surface area contributed by atoms with Crippen molar-refractivity contribution in [3.05, 3.63) is 58.9 Å². The van der Waals surface area contributed by atoms with Gasteiger partial charge in [-0.3, -0.25) is 9.78 Å². The number of aromatic nitrogens is 1. The average molecular weight is 261 g/mol. The van der Waals surface area contributed by atoms with Gasteiger partial charge in [-0.25, -0.2) is 0 Å². The highest BCUT2D eigenvalue weighted by Gasteiger charge is 1.99. The standard InChI is InChI=1S/C14H13ClN2O/c1-10(18)17-14-4-2-11(3-5-14)6-12-7-13(15)9-16-8-12/h2-5,7-9H,6H2,1H3,(H,17,18). The molecule has 1 heterocycles. The van der Waals surface area contributed by atoms with E-state index in [-0.39, 0.29) is 5.91 Å². The lowest BCUT2D eigenvalue weighted by Crippen LogP contribution is -2.05. The Hall–Kier alpha value is -1.87. The predicted molar refractivity (Wildman–Crippen MR) is 72.8 cm³/mol. The Bertz CT molecular complexity index is 552. The first kappa shape index (κ1) is 12.6. The summed E-state index contributed by atoms with van der Waals surface area (Å²) in [6, 6.07) is 9.62. The molecule has 0 aliphatic heterocycles. The van der Waals surface area contributed by atoms with E-state index in [1.165, 1.54) is 6.92 Å². The number of halogens is 1. The monoisotopic (exact) mass is 260 g/mol. The minimum Gasteiger partial charge on any atom is -0.326 e. The van der Waals surface area contributed by atoms with E-state index in [9.17, 15) is 4.79 Å². The summed E-state index contributed by atoms with van der Waals surface area (Å²) in [4.78, 5) is 14.9. The van der Waals surface area contributed by atoms with E-state index < -0.39 is 0 Å². The van der Waals surface area contributed by atoms with Gasteiger partial charge in [0.25, 0.3) is 0 Å². The summed E-state index contributed by atoms with van der Waals surface area (Å²) in [5, 5.41) is 3.37. The average Bonchev–Trinajstić information content (AvgIpc) is 2.31. The Morgan fingerprint density at radius 3 is 2.56 bits per heavy atom. The van der Waals surface area contributed by atoms with Gasteiger partial charge in [0.1, 0.15) is 0 Å². The number of nitrogens with zero attached hydrogens (tertiary/aromatic N) is 1. The molecule has 1 amide bonds. The van der Waals surface area contributed by atoms with Crippen molar-refractivity contribution in [2.45, 2.75) is 13.3 Å². The van der Waals surface area contributed by atoms with Crippen LogP contribution in [0.25, 0.3) is 0 Å². The fourth-order valence-electron chi connectivity index (χ4n) is 1.70. The number of anilines is 1. The molecular formula is C14H13ClN2O. The number of benzene rings is 1. The molecule has 1 aromatic carbocycles. The zero-order chi connectivity index (χ0) is 13.0. The SMILES string of the molecule is CC(=O)Nc1ccc(Cc2cncc(Cl)c2)cc1. The zero-order valence-corrected chi connectivity index (χ0v) is 10.7. The number of hydrogen-bond donors (Lipinski definition) is 1. The summed E-state index contributed by atoms with van der Waals surface area (Å²) < 4.78 is 0. The third-order valence-electron chi connectivity index (χ3n) is 2.44. The molecule has 0 bridgehead atoms. The van der Waals surface area contributed by atoms with E-state index in [4.69, 9.17) is 11.6 Å². The second-order valence-corrected chi connectivity index (χ2v) is 4.50. The lowest BCUT2D eigenvalue weighted by molar-refractivity contribution is -0.114. The van der Waals surface area contributed by atoms with Gasteiger partial charge in [-0.15, -0.1) is 0 Å². The zero-order valence-electron chi connectivity index (χ0n) is 9.98. The van der Waals surface area contributed by atoms with E-state index in [2.05, 4.69) is 10.3 Å². The van der Waals surface area contributed by atoms with Crippen LogP contribution in [0.1, 0.15) is 18.1 Å². The molecule has 1 N–H and O–H groups in total. The fraction of sp³-hybridized carbons (Fsp3) is 0.143. The third kappa shape index (κ3) is 3.57. The quantitative estimate of drug-likeness (QED) is 0.920. The van der Waals surface area contributed by atoms with Gasteiger partial charge in [0, 0.05) is 25.0 Å². The minimum absolute atomic E-state index is 0.0678. The molecule has 0 atom stereocenters. The van der Waals surface area contributed by atoms with E-state index in [0.29, 0.717) is 5.02 Å². The summed E-state index contributed by atoms with van der Waals surface area (Å²) in [6.07, 6.45) is 4.19. The lowest BCUT2D eigenvalue weighted by Gasteiger charge is -2.05. The van der Waals surface area contributed by atoms with E-state index in [1.807, 2.05) is 30.3 Å². The maximum absolute atomic E-state index is 10.9. The first-order valence-corrected chi connectivity index (χ1v) is 5.97. The molecule has 0 unspecified atom stereocenters. The Labute approximate surface area is 111 Å². The van der Waals surface area contributed by atoms with E-state index >= 15 is 0 Å². The molecule has 0 spiro atoms. The summed E-state index contributed by atoms with van der Waals surface area (Å²) in [6.45, 7) is 1.49. The van der Waals surface area contributed by atoms with E-state index in [1.54, 1.807) is 12.4 Å². The molecule has 0 radical (unpaired) electrons. The number of carbonyl (C=O) groups excluding carboxylic acids is 1. The lowest BCUT2D eigenvalue weighted by atomic mass is 10.1. The molecule has 1 aromatic heterocycles. The number of amides is 1. The van der Waals surface area contributed by atoms with Gasteiger partial charge >= 0.3 is 0 Å². The Balaban J connectivity index is 2.08. The van der Waals surface area contributed by atoms with Gasteiger partial charge in [0.2, 0.25) is 5.91 Å². The second-order valence-electron chi connectivity index (χ2n) is 4.07. The number of hydrogen-bond acceptors (Lipinski definition) is 2. The van der Waals surface area contributed by atoms with Crippen LogP contribution in [0.5, 0.6) is 0 Å². The number of carbonyl (C=O) groups is 1. The first-order chi connectivity index (χ1) is 8.63. The van der Waals surface area contributed by atoms with Gasteiger partial charge in [0.15, 0.2) is 0 Å². The highest BCUT2D eigenvalue weighted by molar-refractivity contribution is 6.30. The van der Waals surface area contributed by atoms with Gasteiger partial charge in [-0.05, 0) is 35.7 Å². The molecule has 92 valence electrons. The van der Waals surface area contributed by atoms with Crippen molar-refractivity contribution >= 4 is 23.2 Å². The summed E-state index contributed by atoms with van der Waals surface area (Å²) in [7, 11) is 0. The molecule has 0 saturated carbocycles. The van der Waals surface area contributed by atoms with Crippen LogP contribution in [0.15, 0.2) is 42.7 Å². The third-order valence-corrected chi connectivity index (χ3v) is 2.65. The predicted octanol–water partition coefficient (Wildman–Crippen LogP) is 3.28. The number of rotatable bonds is 3. The molecule has 2 aromatic rings. The summed E-state index contributed by atoms with van der Waals surface area (Å²) >= 11 is 5.88. The van der Waals surface area contributed by atoms with Crippen LogP contribution in [0, 0.1) is 0 Å². The van der Waals surface area contributed by atoms with Crippen molar-refractivity contribution in [3.8, 4) is 0 Å². The van der Waals surface area contributed by atoms with Gasteiger partial charge in [-0.2, -0.15) is 0 Å². The van der Waals surface area contributed by atoms with Crippen molar-refractivity contribution in [3.63, 3.8) is 0 Å². The largest absolute Gasteiger partial charge is 0.326 e. The molecule has 4 heteroatoms. The fourth-order valence-corrected chi connectivity index (χ4v) is 1.89. The second kappa shape index (κ2) is 5.65. The summed E-state index contributed by atoms with van der Waals surface area (Å²) in [5.41, 5.74) is 3.01. The van der Waals surface area contributed by atoms with Crippen LogP contribution >= 0.6 is 11.6 Å². The van der Waals surface area contributed by atoms with Crippen molar-refractivity contribution < 1.29 is 4.79 Å². The smallest absolute Gasteiger partial charge is 0.221 e. The van der Waals surface area contributed by atoms with Crippen molar-refractivity contribution in [1.82, 2.24) is 4.98 Å². The van der Waals surface area contributed by atoms with Crippen LogP contribution in [-0.4, -0.2) is 10.9 Å². The number of nitrogens with one attached hydrogen (secondary N) is 1. The molecule has 18 heavy (non-hydrogen) atoms. The van der Waals surface area contributed by atoms with Gasteiger partial charge in [-0.1, -0.05) is 23.7 Å². The van der Waals surface area contributed by atoms with Crippen LogP contribution in [0.3, 0.4) is 0 Å². The maximum atomic E-state index is 10.9. The molecular weight excluding hydrogens is 248 g/mol. The molecule has 0 saturated heterocycles. The normalized spacial score (nSPS) is 10.1. The summed E-state index contributed by atoms with van der Waals surface area (Å²) in [5.74, 6) is -0.0678. The minimum atomic E-state index is -0.0678. The first-order valence-electron chi connectivity index (χ1n) is 5.59. The molecule has 2 rings (SSSR count). The topological polar surface area (TPSA) is 42.0 Å². The molecule has 0 aliphatic rings. The Morgan fingerprint density at radius 2 is 1.94 bits per heavy atom. The van der Waals surface area contributed by atoms with Crippen LogP contribution < -0.4 is 5.32 Å². The Kier molecular flexibility index (Phi) is 3.95. The maximum Gasteiger partial charge on any atom is 0.221 e. The molecule has 0 aliphatic carbocycles. The van der Waals surface area contributed by atoms with Crippen LogP contribution in [-0.2, 0) is 11.2 Å². The molecule has 3 nitrogen and oxygen atoms in total. The van der Waals surface area contributed by atoms with Crippen molar-refractivity contribution in [2.75, 3.05) is 5.32 Å². The van der Waals surface area contributed by atoms with Gasteiger partial charge in [0.05, 0.1) is 5.02 Å².